The normalized spacial score (nSPS) is 20.3. The van der Waals surface area contributed by atoms with Gasteiger partial charge in [-0.15, -0.1) is 0 Å². The van der Waals surface area contributed by atoms with E-state index in [1.165, 1.54) is 4.57 Å². The maximum Gasteiger partial charge on any atom is 0.338 e. The molecule has 2 N–H and O–H groups in total. The fourth-order valence-electron chi connectivity index (χ4n) is 4.44. The molecule has 3 aromatic rings. The molecule has 5 rings (SSSR count). The van der Waals surface area contributed by atoms with Gasteiger partial charge >= 0.3 is 10.8 Å². The predicted molar refractivity (Wildman–Crippen MR) is 134 cm³/mol. The minimum Gasteiger partial charge on any atom is -0.462 e. The molecule has 0 spiro atoms. The van der Waals surface area contributed by atoms with E-state index in [-0.39, 0.29) is 23.9 Å². The highest BCUT2D eigenvalue weighted by atomic mass is 32.2. The molecule has 1 aromatic heterocycles. The summed E-state index contributed by atoms with van der Waals surface area (Å²) in [7, 11) is 0. The van der Waals surface area contributed by atoms with Crippen molar-refractivity contribution in [2.24, 2.45) is 5.92 Å². The number of carbonyl (C=O) groups is 4. The molecule has 184 valence electrons. The van der Waals surface area contributed by atoms with E-state index in [1.54, 1.807) is 31.2 Å². The molecular formula is C25H21N3O6S2. The number of aromatic nitrogens is 1. The molecule has 11 heteroatoms. The molecule has 0 bridgehead atoms. The third-order valence-electron chi connectivity index (χ3n) is 6.03. The highest BCUT2D eigenvalue weighted by molar-refractivity contribution is 8.00. The Kier molecular flexibility index (Phi) is 6.50. The Labute approximate surface area is 213 Å². The average molecular weight is 524 g/mol. The van der Waals surface area contributed by atoms with Crippen LogP contribution in [-0.4, -0.2) is 40.1 Å². The Hall–Kier alpha value is -3.70. The summed E-state index contributed by atoms with van der Waals surface area (Å²) >= 11 is 2.15. The molecule has 3 heterocycles. The molecule has 2 aromatic carbocycles. The largest absolute Gasteiger partial charge is 0.462 e. The van der Waals surface area contributed by atoms with Gasteiger partial charge in [0.1, 0.15) is 11.8 Å². The molecule has 2 aliphatic rings. The predicted octanol–water partition coefficient (Wildman–Crippen LogP) is 2.60. The molecule has 3 atom stereocenters. The van der Waals surface area contributed by atoms with Gasteiger partial charge in [0.2, 0.25) is 17.7 Å². The Morgan fingerprint density at radius 1 is 1.03 bits per heavy atom. The third kappa shape index (κ3) is 4.35. The van der Waals surface area contributed by atoms with Crippen LogP contribution in [0.5, 0.6) is 0 Å². The van der Waals surface area contributed by atoms with Crippen molar-refractivity contribution in [2.75, 3.05) is 11.9 Å². The maximum absolute atomic E-state index is 13.0. The number of imide groups is 1. The summed E-state index contributed by atoms with van der Waals surface area (Å²) in [6, 6.07) is 15.5. The number of hydrogen-bond donors (Lipinski definition) is 2. The average Bonchev–Trinajstić information content (AvgIpc) is 3.33. The first kappa shape index (κ1) is 24.0. The van der Waals surface area contributed by atoms with E-state index < -0.39 is 34.9 Å². The molecule has 1 saturated heterocycles. The van der Waals surface area contributed by atoms with Gasteiger partial charge in [-0.25, -0.2) is 4.79 Å². The van der Waals surface area contributed by atoms with Gasteiger partial charge in [0, 0.05) is 16.5 Å². The van der Waals surface area contributed by atoms with Crippen LogP contribution in [0.4, 0.5) is 5.69 Å². The number of esters is 1. The molecule has 0 saturated carbocycles. The fourth-order valence-corrected chi connectivity index (χ4v) is 7.18. The lowest BCUT2D eigenvalue weighted by Gasteiger charge is -2.30. The number of amides is 3. The van der Waals surface area contributed by atoms with Crippen molar-refractivity contribution in [2.45, 2.75) is 29.7 Å². The number of fused-ring (bicyclic) bond motifs is 2. The fraction of sp³-hybridized carbons (Fsp3) is 0.240. The van der Waals surface area contributed by atoms with Crippen LogP contribution in [0.2, 0.25) is 0 Å². The number of nitrogens with one attached hydrogen (secondary N) is 2. The number of rotatable bonds is 6. The van der Waals surface area contributed by atoms with Crippen LogP contribution in [0.15, 0.2) is 64.4 Å². The summed E-state index contributed by atoms with van der Waals surface area (Å²) < 4.78 is 6.31. The first-order valence-corrected chi connectivity index (χ1v) is 12.9. The lowest BCUT2D eigenvalue weighted by atomic mass is 9.83. The van der Waals surface area contributed by atoms with Crippen molar-refractivity contribution >= 4 is 52.5 Å². The molecule has 0 radical (unpaired) electrons. The Morgan fingerprint density at radius 2 is 1.75 bits per heavy atom. The molecule has 1 fully saturated rings. The molecule has 2 aliphatic heterocycles. The zero-order valence-corrected chi connectivity index (χ0v) is 20.7. The van der Waals surface area contributed by atoms with Crippen LogP contribution in [0.3, 0.4) is 0 Å². The molecule has 2 unspecified atom stereocenters. The summed E-state index contributed by atoms with van der Waals surface area (Å²) in [5.74, 6) is -2.73. The van der Waals surface area contributed by atoms with Crippen LogP contribution < -0.4 is 15.5 Å². The molecular weight excluding hydrogens is 502 g/mol. The molecule has 0 aliphatic carbocycles. The second-order valence-corrected chi connectivity index (χ2v) is 10.4. The first-order chi connectivity index (χ1) is 17.4. The number of carbonyl (C=O) groups excluding carboxylic acids is 4. The van der Waals surface area contributed by atoms with Crippen molar-refractivity contribution in [3.8, 4) is 0 Å². The van der Waals surface area contributed by atoms with Crippen molar-refractivity contribution < 1.29 is 23.9 Å². The van der Waals surface area contributed by atoms with E-state index in [4.69, 9.17) is 4.74 Å². The molecule has 36 heavy (non-hydrogen) atoms. The van der Waals surface area contributed by atoms with E-state index >= 15 is 0 Å². The monoisotopic (exact) mass is 523 g/mol. The van der Waals surface area contributed by atoms with Crippen molar-refractivity contribution in [3.05, 3.63) is 80.3 Å². The van der Waals surface area contributed by atoms with Crippen LogP contribution in [0.1, 0.15) is 33.6 Å². The summed E-state index contributed by atoms with van der Waals surface area (Å²) in [4.78, 5) is 63.2. The van der Waals surface area contributed by atoms with Gasteiger partial charge in [0.05, 0.1) is 23.1 Å². The van der Waals surface area contributed by atoms with Crippen LogP contribution in [0, 0.1) is 5.92 Å². The number of hydrogen-bond acceptors (Lipinski definition) is 8. The van der Waals surface area contributed by atoms with E-state index in [2.05, 4.69) is 10.6 Å². The van der Waals surface area contributed by atoms with E-state index in [9.17, 15) is 24.0 Å². The Balaban J connectivity index is 1.42. The molecule has 3 amide bonds. The van der Waals surface area contributed by atoms with Gasteiger partial charge in [-0.1, -0.05) is 53.4 Å². The number of nitrogens with zero attached hydrogens (tertiary/aromatic N) is 1. The highest BCUT2D eigenvalue weighted by Crippen LogP contribution is 2.51. The summed E-state index contributed by atoms with van der Waals surface area (Å²) in [5, 5.41) is 4.99. The van der Waals surface area contributed by atoms with Gasteiger partial charge in [-0.05, 0) is 36.8 Å². The maximum atomic E-state index is 13.0. The zero-order chi connectivity index (χ0) is 25.4. The third-order valence-corrected chi connectivity index (χ3v) is 8.64. The number of thioether (sulfide) groups is 1. The lowest BCUT2D eigenvalue weighted by Crippen LogP contribution is -2.32. The highest BCUT2D eigenvalue weighted by Gasteiger charge is 2.52. The summed E-state index contributed by atoms with van der Waals surface area (Å²) in [6.07, 6.45) is 0. The van der Waals surface area contributed by atoms with Gasteiger partial charge in [0.25, 0.3) is 0 Å². The second kappa shape index (κ2) is 9.75. The van der Waals surface area contributed by atoms with E-state index in [0.29, 0.717) is 21.2 Å². The minimum absolute atomic E-state index is 0.258. The smallest absolute Gasteiger partial charge is 0.338 e. The van der Waals surface area contributed by atoms with Crippen molar-refractivity contribution in [1.29, 1.82) is 0 Å². The number of benzene rings is 2. The minimum atomic E-state index is -0.686. The second-order valence-electron chi connectivity index (χ2n) is 8.28. The first-order valence-electron chi connectivity index (χ1n) is 11.2. The zero-order valence-electron chi connectivity index (χ0n) is 19.1. The standard InChI is InChI=1S/C25H21N3O6S2/c1-2-34-24(32)14-8-10-15(11-9-14)26-16(29)12-28-23-20(36-25(28)33)17(13-6-4-3-5-7-13)18-19(35-23)22(31)27-21(18)30/h3-11,17-19H,2,12H2,1H3,(H,26,29)(H,27,30,31)/t17-,18?,19?/m0/s1. The van der Waals surface area contributed by atoms with E-state index in [1.807, 2.05) is 30.3 Å². The number of ether oxygens (including phenoxy) is 1. The Morgan fingerprint density at radius 3 is 2.44 bits per heavy atom. The van der Waals surface area contributed by atoms with Gasteiger partial charge < -0.3 is 10.1 Å². The van der Waals surface area contributed by atoms with Crippen molar-refractivity contribution in [1.82, 2.24) is 9.88 Å². The van der Waals surface area contributed by atoms with Crippen molar-refractivity contribution in [3.63, 3.8) is 0 Å². The van der Waals surface area contributed by atoms with E-state index in [0.717, 1.165) is 28.7 Å². The van der Waals surface area contributed by atoms with Crippen LogP contribution in [-0.2, 0) is 25.7 Å². The topological polar surface area (TPSA) is 124 Å². The Bertz CT molecular complexity index is 1410. The number of thiazole rings is 1. The summed E-state index contributed by atoms with van der Waals surface area (Å²) in [5.41, 5.74) is 1.65. The van der Waals surface area contributed by atoms with Gasteiger partial charge in [-0.2, -0.15) is 0 Å². The quantitative estimate of drug-likeness (QED) is 0.376. The van der Waals surface area contributed by atoms with Gasteiger partial charge in [-0.3, -0.25) is 29.1 Å². The number of anilines is 1. The molecule has 9 nitrogen and oxygen atoms in total. The lowest BCUT2D eigenvalue weighted by molar-refractivity contribution is -0.126. The summed E-state index contributed by atoms with van der Waals surface area (Å²) in [6.45, 7) is 1.72. The van der Waals surface area contributed by atoms with Gasteiger partial charge in [0.15, 0.2) is 0 Å². The van der Waals surface area contributed by atoms with Crippen LogP contribution in [0.25, 0.3) is 0 Å². The van der Waals surface area contributed by atoms with Crippen LogP contribution >= 0.6 is 23.1 Å². The SMILES string of the molecule is CCOC(=O)c1ccc(NC(=O)Cn2c3c(sc2=O)[C@@H](c2ccccc2)C2C(=O)NC(=O)C2S3)cc1.